The number of hydrogen-bond donors (Lipinski definition) is 1. The quantitative estimate of drug-likeness (QED) is 0.777. The largest absolute Gasteiger partial charge is 0.395 e. The fourth-order valence-corrected chi connectivity index (χ4v) is 2.75. The summed E-state index contributed by atoms with van der Waals surface area (Å²) in [7, 11) is 0. The molecule has 0 aromatic rings. The van der Waals surface area contributed by atoms with Crippen LogP contribution >= 0.6 is 0 Å². The molecule has 1 amide bonds. The molecule has 0 aromatic carbocycles. The lowest BCUT2D eigenvalue weighted by Gasteiger charge is -2.30. The number of hydrogen-bond acceptors (Lipinski definition) is 3. The molecule has 0 aromatic heterocycles. The van der Waals surface area contributed by atoms with Crippen molar-refractivity contribution in [3.63, 3.8) is 0 Å². The van der Waals surface area contributed by atoms with Gasteiger partial charge in [-0.3, -0.25) is 4.79 Å². The second kappa shape index (κ2) is 5.64. The summed E-state index contributed by atoms with van der Waals surface area (Å²) in [6.07, 6.45) is 6.14. The molecule has 1 atom stereocenters. The normalized spacial score (nSPS) is 26.2. The van der Waals surface area contributed by atoms with Gasteiger partial charge in [-0.25, -0.2) is 0 Å². The number of nitrogens with zero attached hydrogens (tertiary/aromatic N) is 1. The van der Waals surface area contributed by atoms with Crippen LogP contribution in [0, 0.1) is 0 Å². The smallest absolute Gasteiger partial charge is 0.252 e. The van der Waals surface area contributed by atoms with Gasteiger partial charge in [0.2, 0.25) is 0 Å². The van der Waals surface area contributed by atoms with Crippen LogP contribution in [0.4, 0.5) is 0 Å². The van der Waals surface area contributed by atoms with E-state index in [0.29, 0.717) is 19.2 Å². The zero-order valence-electron chi connectivity index (χ0n) is 9.73. The van der Waals surface area contributed by atoms with Gasteiger partial charge in [0.15, 0.2) is 0 Å². The van der Waals surface area contributed by atoms with E-state index in [-0.39, 0.29) is 18.6 Å². The number of carbonyl (C=O) groups is 1. The van der Waals surface area contributed by atoms with E-state index in [2.05, 4.69) is 0 Å². The Morgan fingerprint density at radius 1 is 1.25 bits per heavy atom. The molecule has 1 aliphatic heterocycles. The molecular formula is C12H21NO3. The molecule has 4 heteroatoms. The number of amides is 1. The van der Waals surface area contributed by atoms with Gasteiger partial charge in [0.1, 0.15) is 6.10 Å². The lowest BCUT2D eigenvalue weighted by Crippen LogP contribution is -2.45. The van der Waals surface area contributed by atoms with Crippen LogP contribution in [0.15, 0.2) is 0 Å². The van der Waals surface area contributed by atoms with Gasteiger partial charge in [0, 0.05) is 19.2 Å². The summed E-state index contributed by atoms with van der Waals surface area (Å²) in [6, 6.07) is 0.337. The maximum Gasteiger partial charge on any atom is 0.252 e. The first-order valence-corrected chi connectivity index (χ1v) is 6.36. The molecule has 1 saturated carbocycles. The highest BCUT2D eigenvalue weighted by molar-refractivity contribution is 5.81. The van der Waals surface area contributed by atoms with E-state index < -0.39 is 0 Å². The maximum absolute atomic E-state index is 12.2. The van der Waals surface area contributed by atoms with Crippen molar-refractivity contribution in [1.82, 2.24) is 4.90 Å². The Kier molecular flexibility index (Phi) is 4.18. The summed E-state index contributed by atoms with van der Waals surface area (Å²) in [4.78, 5) is 14.1. The van der Waals surface area contributed by atoms with Crippen molar-refractivity contribution in [3.05, 3.63) is 0 Å². The number of rotatable bonds is 4. The first-order chi connectivity index (χ1) is 7.83. The van der Waals surface area contributed by atoms with E-state index in [4.69, 9.17) is 9.84 Å². The topological polar surface area (TPSA) is 49.8 Å². The van der Waals surface area contributed by atoms with Gasteiger partial charge in [0.05, 0.1) is 6.61 Å². The number of ether oxygens (including phenoxy) is 1. The molecule has 4 nitrogen and oxygen atoms in total. The fraction of sp³-hybridized carbons (Fsp3) is 0.917. The molecular weight excluding hydrogens is 206 g/mol. The number of aliphatic hydroxyl groups is 1. The minimum Gasteiger partial charge on any atom is -0.395 e. The highest BCUT2D eigenvalue weighted by atomic mass is 16.5. The second-order valence-corrected chi connectivity index (χ2v) is 4.70. The zero-order chi connectivity index (χ0) is 11.4. The van der Waals surface area contributed by atoms with Gasteiger partial charge in [-0.1, -0.05) is 12.8 Å². The monoisotopic (exact) mass is 227 g/mol. The van der Waals surface area contributed by atoms with E-state index in [1.54, 1.807) is 0 Å². The Hall–Kier alpha value is -0.610. The summed E-state index contributed by atoms with van der Waals surface area (Å²) in [5, 5.41) is 9.05. The van der Waals surface area contributed by atoms with Crippen LogP contribution in [0.25, 0.3) is 0 Å². The minimum atomic E-state index is -0.243. The van der Waals surface area contributed by atoms with E-state index in [9.17, 15) is 4.79 Å². The minimum absolute atomic E-state index is 0.0506. The summed E-state index contributed by atoms with van der Waals surface area (Å²) in [5.74, 6) is 0.0958. The van der Waals surface area contributed by atoms with E-state index in [0.717, 1.165) is 25.7 Å². The number of aliphatic hydroxyl groups excluding tert-OH is 1. The predicted molar refractivity (Wildman–Crippen MR) is 60.0 cm³/mol. The molecule has 0 spiro atoms. The van der Waals surface area contributed by atoms with Crippen LogP contribution in [0.2, 0.25) is 0 Å². The summed E-state index contributed by atoms with van der Waals surface area (Å²) >= 11 is 0. The summed E-state index contributed by atoms with van der Waals surface area (Å²) in [5.41, 5.74) is 0. The Bertz CT molecular complexity index is 232. The van der Waals surface area contributed by atoms with Crippen LogP contribution in [0.5, 0.6) is 0 Å². The van der Waals surface area contributed by atoms with Gasteiger partial charge in [-0.15, -0.1) is 0 Å². The van der Waals surface area contributed by atoms with Crippen LogP contribution in [-0.4, -0.2) is 47.8 Å². The van der Waals surface area contributed by atoms with Crippen molar-refractivity contribution >= 4 is 5.91 Å². The molecule has 1 aliphatic carbocycles. The molecule has 1 heterocycles. The molecule has 16 heavy (non-hydrogen) atoms. The molecule has 2 fully saturated rings. The molecule has 0 radical (unpaired) electrons. The summed E-state index contributed by atoms with van der Waals surface area (Å²) < 4.78 is 5.43. The van der Waals surface area contributed by atoms with Crippen LogP contribution in [0.3, 0.4) is 0 Å². The summed E-state index contributed by atoms with van der Waals surface area (Å²) in [6.45, 7) is 1.21. The Morgan fingerprint density at radius 2 is 2.00 bits per heavy atom. The molecule has 1 N–H and O–H groups in total. The van der Waals surface area contributed by atoms with Gasteiger partial charge >= 0.3 is 0 Å². The number of carbonyl (C=O) groups excluding carboxylic acids is 1. The van der Waals surface area contributed by atoms with Crippen molar-refractivity contribution in [2.24, 2.45) is 0 Å². The predicted octanol–water partition coefficient (Wildman–Crippen LogP) is 0.929. The average molecular weight is 227 g/mol. The average Bonchev–Trinajstić information content (AvgIpc) is 2.96. The molecule has 1 saturated heterocycles. The highest BCUT2D eigenvalue weighted by Gasteiger charge is 2.33. The van der Waals surface area contributed by atoms with Crippen LogP contribution < -0.4 is 0 Å². The third-order valence-corrected chi connectivity index (χ3v) is 3.59. The second-order valence-electron chi connectivity index (χ2n) is 4.70. The molecule has 0 bridgehead atoms. The standard InChI is InChI=1S/C12H21NO3/c14-8-7-13(10-4-1-2-5-10)12(15)11-6-3-9-16-11/h10-11,14H,1-9H2. The van der Waals surface area contributed by atoms with E-state index in [1.165, 1.54) is 12.8 Å². The molecule has 1 unspecified atom stereocenters. The Morgan fingerprint density at radius 3 is 2.56 bits per heavy atom. The van der Waals surface area contributed by atoms with Crippen molar-refractivity contribution in [3.8, 4) is 0 Å². The van der Waals surface area contributed by atoms with E-state index in [1.807, 2.05) is 4.90 Å². The van der Waals surface area contributed by atoms with Crippen molar-refractivity contribution in [2.75, 3.05) is 19.8 Å². The third-order valence-electron chi connectivity index (χ3n) is 3.59. The zero-order valence-corrected chi connectivity index (χ0v) is 9.73. The van der Waals surface area contributed by atoms with Crippen molar-refractivity contribution in [1.29, 1.82) is 0 Å². The Balaban J connectivity index is 1.96. The van der Waals surface area contributed by atoms with Gasteiger partial charge < -0.3 is 14.7 Å². The Labute approximate surface area is 96.6 Å². The SMILES string of the molecule is O=C(C1CCCO1)N(CCO)C1CCCC1. The van der Waals surface area contributed by atoms with Crippen LogP contribution in [-0.2, 0) is 9.53 Å². The van der Waals surface area contributed by atoms with Gasteiger partial charge in [-0.2, -0.15) is 0 Å². The molecule has 2 aliphatic rings. The maximum atomic E-state index is 12.2. The highest BCUT2D eigenvalue weighted by Crippen LogP contribution is 2.25. The third kappa shape index (κ3) is 2.55. The lowest BCUT2D eigenvalue weighted by atomic mass is 10.1. The molecule has 92 valence electrons. The first-order valence-electron chi connectivity index (χ1n) is 6.36. The van der Waals surface area contributed by atoms with Gasteiger partial charge in [0.25, 0.3) is 5.91 Å². The lowest BCUT2D eigenvalue weighted by molar-refractivity contribution is -0.143. The van der Waals surface area contributed by atoms with Crippen molar-refractivity contribution < 1.29 is 14.6 Å². The fourth-order valence-electron chi connectivity index (χ4n) is 2.75. The first kappa shape index (κ1) is 11.9. The molecule has 2 rings (SSSR count). The van der Waals surface area contributed by atoms with E-state index >= 15 is 0 Å². The van der Waals surface area contributed by atoms with Crippen molar-refractivity contribution in [2.45, 2.75) is 50.7 Å². The van der Waals surface area contributed by atoms with Crippen LogP contribution in [0.1, 0.15) is 38.5 Å². The van der Waals surface area contributed by atoms with Gasteiger partial charge in [-0.05, 0) is 25.7 Å².